The standard InChI is InChI=1S/C17H16N4O/c22-15-3-1-14(2-4-15)16-17(21-12-11-19-16)20-10-7-13-5-8-18-9-6-13/h1-6,8-9,11-12,22H,7,10H2,(H,20,21). The van der Waals surface area contributed by atoms with Crippen LogP contribution in [-0.2, 0) is 6.42 Å². The molecule has 0 radical (unpaired) electrons. The quantitative estimate of drug-likeness (QED) is 0.756. The molecule has 2 aromatic heterocycles. The van der Waals surface area contributed by atoms with Gasteiger partial charge in [-0.05, 0) is 48.4 Å². The van der Waals surface area contributed by atoms with Crippen LogP contribution in [0.1, 0.15) is 5.56 Å². The highest BCUT2D eigenvalue weighted by atomic mass is 16.3. The minimum atomic E-state index is 0.236. The van der Waals surface area contributed by atoms with Crippen molar-refractivity contribution in [3.8, 4) is 17.0 Å². The summed E-state index contributed by atoms with van der Waals surface area (Å²) in [6.45, 7) is 0.758. The molecule has 0 saturated heterocycles. The molecule has 0 aliphatic rings. The van der Waals surface area contributed by atoms with Crippen molar-refractivity contribution in [2.24, 2.45) is 0 Å². The van der Waals surface area contributed by atoms with Crippen molar-refractivity contribution in [1.29, 1.82) is 0 Å². The van der Waals surface area contributed by atoms with Gasteiger partial charge in [0, 0.05) is 36.9 Å². The van der Waals surface area contributed by atoms with E-state index in [1.165, 1.54) is 5.56 Å². The average Bonchev–Trinajstić information content (AvgIpc) is 2.57. The number of phenolic OH excluding ortho intramolecular Hbond substituents is 1. The molecule has 5 nitrogen and oxygen atoms in total. The van der Waals surface area contributed by atoms with E-state index >= 15 is 0 Å². The summed E-state index contributed by atoms with van der Waals surface area (Å²) in [5, 5.41) is 12.7. The molecule has 22 heavy (non-hydrogen) atoms. The van der Waals surface area contributed by atoms with Crippen LogP contribution in [0.5, 0.6) is 5.75 Å². The average molecular weight is 292 g/mol. The molecule has 2 heterocycles. The molecule has 0 saturated carbocycles. The van der Waals surface area contributed by atoms with Crippen LogP contribution in [0.25, 0.3) is 11.3 Å². The molecule has 2 N–H and O–H groups in total. The highest BCUT2D eigenvalue weighted by Gasteiger charge is 2.07. The lowest BCUT2D eigenvalue weighted by Gasteiger charge is -2.10. The van der Waals surface area contributed by atoms with Crippen molar-refractivity contribution in [2.45, 2.75) is 6.42 Å². The molecule has 0 spiro atoms. The Hall–Kier alpha value is -2.95. The van der Waals surface area contributed by atoms with E-state index in [-0.39, 0.29) is 5.75 Å². The number of hydrogen-bond donors (Lipinski definition) is 2. The maximum absolute atomic E-state index is 9.38. The largest absolute Gasteiger partial charge is 0.508 e. The number of rotatable bonds is 5. The van der Waals surface area contributed by atoms with Gasteiger partial charge in [0.15, 0.2) is 5.82 Å². The molecular formula is C17H16N4O. The fraction of sp³-hybridized carbons (Fsp3) is 0.118. The van der Waals surface area contributed by atoms with E-state index in [0.29, 0.717) is 0 Å². The van der Waals surface area contributed by atoms with Crippen molar-refractivity contribution in [3.05, 3.63) is 66.7 Å². The molecule has 0 aliphatic heterocycles. The van der Waals surface area contributed by atoms with E-state index in [1.54, 1.807) is 36.9 Å². The molecule has 0 fully saturated rings. The minimum absolute atomic E-state index is 0.236. The third-order valence-electron chi connectivity index (χ3n) is 3.29. The highest BCUT2D eigenvalue weighted by molar-refractivity contribution is 5.71. The maximum Gasteiger partial charge on any atom is 0.152 e. The number of pyridine rings is 1. The first kappa shape index (κ1) is 14.0. The Morgan fingerprint density at radius 2 is 1.59 bits per heavy atom. The number of phenols is 1. The lowest BCUT2D eigenvalue weighted by Crippen LogP contribution is -2.08. The van der Waals surface area contributed by atoms with Crippen LogP contribution in [-0.4, -0.2) is 26.6 Å². The number of nitrogens with zero attached hydrogens (tertiary/aromatic N) is 3. The van der Waals surface area contributed by atoms with Gasteiger partial charge in [0.05, 0.1) is 0 Å². The van der Waals surface area contributed by atoms with Gasteiger partial charge in [-0.1, -0.05) is 0 Å². The smallest absolute Gasteiger partial charge is 0.152 e. The van der Waals surface area contributed by atoms with Crippen molar-refractivity contribution in [1.82, 2.24) is 15.0 Å². The van der Waals surface area contributed by atoms with Gasteiger partial charge < -0.3 is 10.4 Å². The lowest BCUT2D eigenvalue weighted by molar-refractivity contribution is 0.475. The van der Waals surface area contributed by atoms with Gasteiger partial charge in [-0.25, -0.2) is 4.98 Å². The van der Waals surface area contributed by atoms with E-state index in [1.807, 2.05) is 24.3 Å². The van der Waals surface area contributed by atoms with Crippen LogP contribution in [0.15, 0.2) is 61.2 Å². The number of anilines is 1. The monoisotopic (exact) mass is 292 g/mol. The van der Waals surface area contributed by atoms with Gasteiger partial charge >= 0.3 is 0 Å². The summed E-state index contributed by atoms with van der Waals surface area (Å²) < 4.78 is 0. The van der Waals surface area contributed by atoms with E-state index in [9.17, 15) is 5.11 Å². The molecule has 110 valence electrons. The van der Waals surface area contributed by atoms with Crippen molar-refractivity contribution in [2.75, 3.05) is 11.9 Å². The second kappa shape index (κ2) is 6.67. The summed E-state index contributed by atoms with van der Waals surface area (Å²) >= 11 is 0. The second-order valence-corrected chi connectivity index (χ2v) is 4.83. The van der Waals surface area contributed by atoms with Crippen LogP contribution < -0.4 is 5.32 Å². The van der Waals surface area contributed by atoms with Crippen molar-refractivity contribution in [3.63, 3.8) is 0 Å². The van der Waals surface area contributed by atoms with Crippen LogP contribution in [0.3, 0.4) is 0 Å². The molecule has 1 aromatic carbocycles. The zero-order chi connectivity index (χ0) is 15.2. The first-order valence-electron chi connectivity index (χ1n) is 7.06. The third kappa shape index (κ3) is 3.38. The summed E-state index contributed by atoms with van der Waals surface area (Å²) in [4.78, 5) is 12.8. The molecule has 3 aromatic rings. The van der Waals surface area contributed by atoms with E-state index in [0.717, 1.165) is 30.0 Å². The Kier molecular flexibility index (Phi) is 4.25. The SMILES string of the molecule is Oc1ccc(-c2nccnc2NCCc2ccncc2)cc1. The Labute approximate surface area is 128 Å². The van der Waals surface area contributed by atoms with Gasteiger partial charge in [0.25, 0.3) is 0 Å². The normalized spacial score (nSPS) is 10.4. The Morgan fingerprint density at radius 1 is 0.864 bits per heavy atom. The number of nitrogens with one attached hydrogen (secondary N) is 1. The number of benzene rings is 1. The summed E-state index contributed by atoms with van der Waals surface area (Å²) in [5.74, 6) is 0.974. The summed E-state index contributed by atoms with van der Waals surface area (Å²) in [7, 11) is 0. The van der Waals surface area contributed by atoms with Crippen molar-refractivity contribution >= 4 is 5.82 Å². The fourth-order valence-corrected chi connectivity index (χ4v) is 2.17. The summed E-state index contributed by atoms with van der Waals surface area (Å²) in [6, 6.07) is 10.9. The van der Waals surface area contributed by atoms with E-state index < -0.39 is 0 Å². The van der Waals surface area contributed by atoms with E-state index in [4.69, 9.17) is 0 Å². The van der Waals surface area contributed by atoms with Gasteiger partial charge in [0.2, 0.25) is 0 Å². The molecule has 0 unspecified atom stereocenters. The third-order valence-corrected chi connectivity index (χ3v) is 3.29. The lowest BCUT2D eigenvalue weighted by atomic mass is 10.1. The van der Waals surface area contributed by atoms with Gasteiger partial charge in [-0.2, -0.15) is 0 Å². The predicted octanol–water partition coefficient (Wildman–Crippen LogP) is 2.90. The highest BCUT2D eigenvalue weighted by Crippen LogP contribution is 2.25. The summed E-state index contributed by atoms with van der Waals surface area (Å²) in [5.41, 5.74) is 2.91. The summed E-state index contributed by atoms with van der Waals surface area (Å²) in [6.07, 6.45) is 7.79. The first-order chi connectivity index (χ1) is 10.8. The molecule has 3 rings (SSSR count). The molecular weight excluding hydrogens is 276 g/mol. The predicted molar refractivity (Wildman–Crippen MR) is 85.6 cm³/mol. The van der Waals surface area contributed by atoms with Crippen LogP contribution in [0.2, 0.25) is 0 Å². The molecule has 0 atom stereocenters. The molecule has 5 heteroatoms. The first-order valence-corrected chi connectivity index (χ1v) is 7.06. The number of aromatic nitrogens is 3. The molecule has 0 amide bonds. The fourth-order valence-electron chi connectivity index (χ4n) is 2.17. The Morgan fingerprint density at radius 3 is 2.36 bits per heavy atom. The van der Waals surface area contributed by atoms with Gasteiger partial charge in [-0.3, -0.25) is 9.97 Å². The zero-order valence-electron chi connectivity index (χ0n) is 12.0. The Balaban J connectivity index is 1.73. The maximum atomic E-state index is 9.38. The second-order valence-electron chi connectivity index (χ2n) is 4.83. The zero-order valence-corrected chi connectivity index (χ0v) is 12.0. The van der Waals surface area contributed by atoms with Crippen LogP contribution in [0.4, 0.5) is 5.82 Å². The van der Waals surface area contributed by atoms with Crippen LogP contribution in [0, 0.1) is 0 Å². The Bertz CT molecular complexity index is 729. The van der Waals surface area contributed by atoms with Crippen LogP contribution >= 0.6 is 0 Å². The van der Waals surface area contributed by atoms with Gasteiger partial charge in [-0.15, -0.1) is 0 Å². The molecule has 0 bridgehead atoms. The number of aromatic hydroxyl groups is 1. The van der Waals surface area contributed by atoms with E-state index in [2.05, 4.69) is 20.3 Å². The topological polar surface area (TPSA) is 70.9 Å². The molecule has 0 aliphatic carbocycles. The number of hydrogen-bond acceptors (Lipinski definition) is 5. The van der Waals surface area contributed by atoms with Gasteiger partial charge in [0.1, 0.15) is 11.4 Å². The van der Waals surface area contributed by atoms with Crippen molar-refractivity contribution < 1.29 is 5.11 Å². The minimum Gasteiger partial charge on any atom is -0.508 e.